The number of pyridine rings is 1. The van der Waals surface area contributed by atoms with Gasteiger partial charge in [0.1, 0.15) is 17.3 Å². The van der Waals surface area contributed by atoms with Crippen molar-refractivity contribution in [3.63, 3.8) is 0 Å². The Morgan fingerprint density at radius 3 is 2.21 bits per heavy atom. The van der Waals surface area contributed by atoms with Crippen molar-refractivity contribution in [2.75, 3.05) is 11.9 Å². The average Bonchev–Trinajstić information content (AvgIpc) is 3.40. The maximum atomic E-state index is 11.6. The molecule has 3 rings (SSSR count). The normalized spacial score (nSPS) is 13.9. The number of hydrogen-bond donors (Lipinski definition) is 3. The summed E-state index contributed by atoms with van der Waals surface area (Å²) in [6.45, 7) is 26.3. The van der Waals surface area contributed by atoms with E-state index in [0.29, 0.717) is 13.1 Å². The van der Waals surface area contributed by atoms with E-state index in [2.05, 4.69) is 99.5 Å². The van der Waals surface area contributed by atoms with Crippen molar-refractivity contribution < 1.29 is 5.11 Å². The van der Waals surface area contributed by atoms with Gasteiger partial charge in [0.2, 0.25) is 0 Å². The molecule has 42 heavy (non-hydrogen) atoms. The van der Waals surface area contributed by atoms with Crippen LogP contribution in [0.15, 0.2) is 66.6 Å². The van der Waals surface area contributed by atoms with E-state index in [0.717, 1.165) is 46.3 Å². The molecule has 0 aliphatic carbocycles. The lowest BCUT2D eigenvalue weighted by Gasteiger charge is -2.40. The molecule has 0 spiro atoms. The van der Waals surface area contributed by atoms with Crippen molar-refractivity contribution >= 4 is 17.4 Å². The van der Waals surface area contributed by atoms with Crippen LogP contribution in [0.5, 0.6) is 0 Å². The third-order valence-electron chi connectivity index (χ3n) is 7.57. The largest absolute Gasteiger partial charge is 0.389 e. The molecule has 0 bridgehead atoms. The Hall–Kier alpha value is -3.45. The molecule has 0 aliphatic heterocycles. The second kappa shape index (κ2) is 16.3. The van der Waals surface area contributed by atoms with Gasteiger partial charge >= 0.3 is 0 Å². The monoisotopic (exact) mass is 574 g/mol. The summed E-state index contributed by atoms with van der Waals surface area (Å²) in [5.41, 5.74) is 3.71. The quantitative estimate of drug-likeness (QED) is 0.141. The molecule has 0 amide bonds. The molecule has 0 radical (unpaired) electrons. The highest BCUT2D eigenvalue weighted by Crippen LogP contribution is 2.34. The molecule has 3 aromatic rings. The highest BCUT2D eigenvalue weighted by molar-refractivity contribution is 5.99. The molecule has 7 heteroatoms. The zero-order chi connectivity index (χ0) is 31.4. The molecule has 2 aromatic heterocycles. The van der Waals surface area contributed by atoms with Gasteiger partial charge in [0.05, 0.1) is 23.3 Å². The number of nitrogens with one attached hydrogen (secondary N) is 2. The van der Waals surface area contributed by atoms with Gasteiger partial charge < -0.3 is 20.3 Å². The number of imidazole rings is 1. The number of aliphatic imine (C=N–C) groups is 1. The maximum absolute atomic E-state index is 11.6. The van der Waals surface area contributed by atoms with Crippen molar-refractivity contribution in [2.24, 2.45) is 22.7 Å². The van der Waals surface area contributed by atoms with Crippen LogP contribution in [0.1, 0.15) is 93.0 Å². The van der Waals surface area contributed by atoms with E-state index < -0.39 is 5.60 Å². The molecule has 3 N–H and O–H groups in total. The first-order chi connectivity index (χ1) is 20.0. The van der Waals surface area contributed by atoms with E-state index in [4.69, 9.17) is 9.98 Å². The van der Waals surface area contributed by atoms with Crippen LogP contribution in [-0.2, 0) is 6.54 Å². The van der Waals surface area contributed by atoms with Crippen LogP contribution in [0.4, 0.5) is 5.82 Å². The van der Waals surface area contributed by atoms with Gasteiger partial charge in [-0.2, -0.15) is 0 Å². The predicted molar refractivity (Wildman–Crippen MR) is 180 cm³/mol. The van der Waals surface area contributed by atoms with Gasteiger partial charge in [-0.1, -0.05) is 85.4 Å². The first kappa shape index (κ1) is 34.7. The highest BCUT2D eigenvalue weighted by Gasteiger charge is 2.41. The fourth-order valence-electron chi connectivity index (χ4n) is 4.91. The van der Waals surface area contributed by atoms with Crippen molar-refractivity contribution in [3.8, 4) is 11.3 Å². The summed E-state index contributed by atoms with van der Waals surface area (Å²) >= 11 is 0. The summed E-state index contributed by atoms with van der Waals surface area (Å²) in [6.07, 6.45) is 4.57. The van der Waals surface area contributed by atoms with E-state index in [1.807, 2.05) is 51.5 Å². The highest BCUT2D eigenvalue weighted by atomic mass is 16.3. The lowest BCUT2D eigenvalue weighted by atomic mass is 9.73. The lowest BCUT2D eigenvalue weighted by Crippen LogP contribution is -2.49. The molecule has 7 nitrogen and oxygen atoms in total. The fourth-order valence-corrected chi connectivity index (χ4v) is 4.91. The number of hydrogen-bond acceptors (Lipinski definition) is 5. The van der Waals surface area contributed by atoms with Crippen LogP contribution in [0.25, 0.3) is 17.0 Å². The van der Waals surface area contributed by atoms with Crippen LogP contribution < -0.4 is 10.6 Å². The van der Waals surface area contributed by atoms with Crippen molar-refractivity contribution in [3.05, 3.63) is 72.8 Å². The number of amidine groups is 1. The topological polar surface area (TPSA) is 87.4 Å². The maximum Gasteiger partial charge on any atom is 0.141 e. The third kappa shape index (κ3) is 8.78. The number of benzene rings is 1. The lowest BCUT2D eigenvalue weighted by molar-refractivity contribution is -0.0322. The van der Waals surface area contributed by atoms with Crippen LogP contribution in [0.3, 0.4) is 0 Å². The zero-order valence-electron chi connectivity index (χ0n) is 27.6. The Morgan fingerprint density at radius 1 is 1.02 bits per heavy atom. The van der Waals surface area contributed by atoms with Crippen LogP contribution in [0, 0.1) is 17.8 Å². The molecule has 2 atom stereocenters. The van der Waals surface area contributed by atoms with Crippen LogP contribution in [-0.4, -0.2) is 37.6 Å². The summed E-state index contributed by atoms with van der Waals surface area (Å²) < 4.78 is 2.10. The van der Waals surface area contributed by atoms with Gasteiger partial charge in [0.25, 0.3) is 0 Å². The molecule has 0 saturated heterocycles. The molecule has 0 fully saturated rings. The van der Waals surface area contributed by atoms with Crippen LogP contribution >= 0.6 is 0 Å². The zero-order valence-corrected chi connectivity index (χ0v) is 27.6. The Morgan fingerprint density at radius 2 is 1.69 bits per heavy atom. The summed E-state index contributed by atoms with van der Waals surface area (Å²) in [6, 6.07) is 14.5. The molecule has 0 aliphatic rings. The minimum Gasteiger partial charge on any atom is -0.389 e. The number of rotatable bonds is 13. The summed E-state index contributed by atoms with van der Waals surface area (Å²) in [5.74, 6) is 1.68. The first-order valence-electron chi connectivity index (χ1n) is 15.5. The molecule has 230 valence electrons. The fraction of sp³-hybridized carbons (Fsp3) is 0.514. The molecular weight excluding hydrogens is 520 g/mol. The van der Waals surface area contributed by atoms with Gasteiger partial charge in [0.15, 0.2) is 0 Å². The van der Waals surface area contributed by atoms with Crippen molar-refractivity contribution in [1.29, 1.82) is 0 Å². The Labute approximate surface area is 254 Å². The van der Waals surface area contributed by atoms with Gasteiger partial charge in [-0.25, -0.2) is 4.98 Å². The van der Waals surface area contributed by atoms with Gasteiger partial charge in [0, 0.05) is 36.8 Å². The summed E-state index contributed by atoms with van der Waals surface area (Å²) in [7, 11) is 0. The van der Waals surface area contributed by atoms with Crippen LogP contribution in [0.2, 0.25) is 0 Å². The standard InChI is InChI=1S/C33H48N6O.C2H6/c1-10-18-35-31(29(22(2)3)33(9,40)23(4)5)38-32-30(37-21-39(32)24(6)7)25(8)36-20-26-14-16-27(17-15-26)28-13-11-12-19-34-28;1-2/h11-17,19,21-24,29,36,40H,8,10,18,20H2,1-7,9H3,(H,35,38);1-2H3. The second-order valence-electron chi connectivity index (χ2n) is 11.7. The second-order valence-corrected chi connectivity index (χ2v) is 11.7. The van der Waals surface area contributed by atoms with Crippen molar-refractivity contribution in [2.45, 2.75) is 93.8 Å². The number of aromatic nitrogens is 3. The minimum absolute atomic E-state index is 0.0590. The molecule has 2 heterocycles. The number of anilines is 1. The van der Waals surface area contributed by atoms with Gasteiger partial charge in [-0.15, -0.1) is 0 Å². The average molecular weight is 575 g/mol. The molecule has 0 saturated carbocycles. The van der Waals surface area contributed by atoms with E-state index in [-0.39, 0.29) is 23.8 Å². The SMILES string of the molecule is C=C(NCc1ccc(-c2ccccn2)cc1)c1ncn(C(C)C)c1NC(=NCCC)C(C(C)C)C(C)(O)C(C)C.CC. The Kier molecular flexibility index (Phi) is 13.4. The first-order valence-corrected chi connectivity index (χ1v) is 15.5. The Balaban J connectivity index is 0.00000301. The third-order valence-corrected chi connectivity index (χ3v) is 7.57. The van der Waals surface area contributed by atoms with Gasteiger partial charge in [-0.05, 0) is 56.7 Å². The van der Waals surface area contributed by atoms with E-state index in [9.17, 15) is 5.11 Å². The van der Waals surface area contributed by atoms with Crippen molar-refractivity contribution in [1.82, 2.24) is 19.9 Å². The summed E-state index contributed by atoms with van der Waals surface area (Å²) in [5, 5.41) is 18.7. The number of nitrogens with zero attached hydrogens (tertiary/aromatic N) is 4. The molecule has 1 aromatic carbocycles. The minimum atomic E-state index is -0.937. The number of aliphatic hydroxyl groups is 1. The van der Waals surface area contributed by atoms with E-state index in [1.165, 1.54) is 0 Å². The smallest absolute Gasteiger partial charge is 0.141 e. The van der Waals surface area contributed by atoms with Gasteiger partial charge in [-0.3, -0.25) is 9.98 Å². The Bertz CT molecular complexity index is 1260. The van der Waals surface area contributed by atoms with E-state index in [1.54, 1.807) is 0 Å². The predicted octanol–water partition coefficient (Wildman–Crippen LogP) is 8.21. The molecule has 2 unspecified atom stereocenters. The molecular formula is C35H54N6O. The summed E-state index contributed by atoms with van der Waals surface area (Å²) in [4.78, 5) is 14.2. The van der Waals surface area contributed by atoms with E-state index >= 15 is 0 Å².